The molecule has 130 valence electrons. The molecule has 2 aromatic heterocycles. The van der Waals surface area contributed by atoms with Crippen LogP contribution in [-0.4, -0.2) is 38.4 Å². The number of aromatic nitrogens is 2. The van der Waals surface area contributed by atoms with Crippen LogP contribution in [0.25, 0.3) is 4.96 Å². The quantitative estimate of drug-likeness (QED) is 0.897. The van der Waals surface area contributed by atoms with E-state index in [1.807, 2.05) is 12.3 Å². The van der Waals surface area contributed by atoms with E-state index in [9.17, 15) is 14.7 Å². The number of rotatable bonds is 3. The first-order valence-corrected chi connectivity index (χ1v) is 8.80. The molecule has 0 amide bonds. The number of likely N-dealkylation sites (tertiary alicyclic amines) is 1. The van der Waals surface area contributed by atoms with E-state index in [1.165, 1.54) is 11.3 Å². The van der Waals surface area contributed by atoms with Crippen molar-refractivity contribution in [2.45, 2.75) is 32.7 Å². The van der Waals surface area contributed by atoms with Crippen LogP contribution in [0.15, 0.2) is 16.2 Å². The number of halogens is 1. The normalized spacial score (nSPS) is 26.5. The molecular weight excluding hydrogens is 350 g/mol. The molecule has 0 bridgehead atoms. The third-order valence-electron chi connectivity index (χ3n) is 5.38. The molecule has 0 spiro atoms. The molecule has 0 unspecified atom stereocenters. The van der Waals surface area contributed by atoms with Gasteiger partial charge in [-0.1, -0.05) is 6.42 Å². The molecule has 0 aromatic carbocycles. The van der Waals surface area contributed by atoms with E-state index < -0.39 is 11.4 Å². The van der Waals surface area contributed by atoms with Gasteiger partial charge in [-0.05, 0) is 25.7 Å². The Morgan fingerprint density at radius 2 is 2.33 bits per heavy atom. The van der Waals surface area contributed by atoms with Gasteiger partial charge in [0.1, 0.15) is 0 Å². The summed E-state index contributed by atoms with van der Waals surface area (Å²) in [5, 5.41) is 11.6. The monoisotopic (exact) mass is 369 g/mol. The van der Waals surface area contributed by atoms with E-state index in [2.05, 4.69) is 9.88 Å². The predicted molar refractivity (Wildman–Crippen MR) is 94.0 cm³/mol. The molecule has 0 radical (unpaired) electrons. The third kappa shape index (κ3) is 2.55. The Balaban J connectivity index is 0.00000169. The second-order valence-electron chi connectivity index (χ2n) is 6.80. The molecule has 1 aliphatic heterocycles. The van der Waals surface area contributed by atoms with Crippen LogP contribution in [-0.2, 0) is 11.3 Å². The molecule has 1 aliphatic carbocycles. The Morgan fingerprint density at radius 3 is 3.04 bits per heavy atom. The van der Waals surface area contributed by atoms with Crippen LogP contribution in [0.3, 0.4) is 0 Å². The fourth-order valence-corrected chi connectivity index (χ4v) is 5.17. The second kappa shape index (κ2) is 6.13. The van der Waals surface area contributed by atoms with Gasteiger partial charge in [0.05, 0.1) is 11.1 Å². The average Bonchev–Trinajstić information content (AvgIpc) is 3.12. The van der Waals surface area contributed by atoms with Crippen molar-refractivity contribution < 1.29 is 9.90 Å². The van der Waals surface area contributed by atoms with Gasteiger partial charge >= 0.3 is 5.97 Å². The molecule has 2 fully saturated rings. The van der Waals surface area contributed by atoms with Gasteiger partial charge in [0.25, 0.3) is 5.56 Å². The summed E-state index contributed by atoms with van der Waals surface area (Å²) in [5.74, 6) is -0.436. The lowest BCUT2D eigenvalue weighted by Crippen LogP contribution is -2.35. The Morgan fingerprint density at radius 1 is 1.54 bits per heavy atom. The zero-order valence-corrected chi connectivity index (χ0v) is 15.0. The highest BCUT2D eigenvalue weighted by molar-refractivity contribution is 7.15. The minimum absolute atomic E-state index is 0. The predicted octanol–water partition coefficient (Wildman–Crippen LogP) is 2.17. The summed E-state index contributed by atoms with van der Waals surface area (Å²) in [6.45, 7) is 3.80. The van der Waals surface area contributed by atoms with Crippen LogP contribution in [0.5, 0.6) is 0 Å². The Hall–Kier alpha value is -1.44. The first-order chi connectivity index (χ1) is 11.0. The lowest BCUT2D eigenvalue weighted by molar-refractivity contribution is -0.149. The molecule has 2 atom stereocenters. The molecule has 24 heavy (non-hydrogen) atoms. The van der Waals surface area contributed by atoms with E-state index in [1.54, 1.807) is 10.5 Å². The summed E-state index contributed by atoms with van der Waals surface area (Å²) in [6, 6.07) is 1.58. The maximum absolute atomic E-state index is 12.2. The zero-order valence-electron chi connectivity index (χ0n) is 13.4. The van der Waals surface area contributed by atoms with Gasteiger partial charge in [-0.3, -0.25) is 18.9 Å². The average molecular weight is 370 g/mol. The van der Waals surface area contributed by atoms with E-state index in [4.69, 9.17) is 0 Å². The molecule has 1 N–H and O–H groups in total. The summed E-state index contributed by atoms with van der Waals surface area (Å²) in [5.41, 5.74) is 0.988. The minimum Gasteiger partial charge on any atom is -0.481 e. The number of hydrogen-bond donors (Lipinski definition) is 1. The van der Waals surface area contributed by atoms with Gasteiger partial charge in [0.15, 0.2) is 4.96 Å². The smallest absolute Gasteiger partial charge is 0.311 e. The van der Waals surface area contributed by atoms with Crippen LogP contribution in [0, 0.1) is 18.3 Å². The Bertz CT molecular complexity index is 849. The number of nitrogens with zero attached hydrogens (tertiary/aromatic N) is 3. The first-order valence-electron chi connectivity index (χ1n) is 7.92. The van der Waals surface area contributed by atoms with Crippen molar-refractivity contribution >= 4 is 34.7 Å². The Labute approximate surface area is 149 Å². The molecule has 8 heteroatoms. The number of carbonyl (C=O) groups is 1. The standard InChI is InChI=1S/C16H19N3O3S.ClH/c1-10-8-23-15-17-12(5-13(20)19(10)15)7-18-6-11-3-2-4-16(11,9-18)14(21)22;/h5,8,11H,2-4,6-7,9H2,1H3,(H,21,22);1H/t11-,16+;/m0./s1. The van der Waals surface area contributed by atoms with E-state index in [0.717, 1.165) is 37.2 Å². The molecule has 1 saturated carbocycles. The largest absolute Gasteiger partial charge is 0.481 e. The molecule has 1 saturated heterocycles. The fourth-order valence-electron chi connectivity index (χ4n) is 4.27. The van der Waals surface area contributed by atoms with Crippen molar-refractivity contribution in [2.24, 2.45) is 11.3 Å². The van der Waals surface area contributed by atoms with Crippen molar-refractivity contribution in [1.82, 2.24) is 14.3 Å². The van der Waals surface area contributed by atoms with Gasteiger partial charge in [-0.2, -0.15) is 0 Å². The van der Waals surface area contributed by atoms with Gasteiger partial charge in [-0.15, -0.1) is 23.7 Å². The third-order valence-corrected chi connectivity index (χ3v) is 6.33. The Kier molecular flexibility index (Phi) is 4.44. The van der Waals surface area contributed by atoms with E-state index >= 15 is 0 Å². The number of fused-ring (bicyclic) bond motifs is 2. The van der Waals surface area contributed by atoms with Crippen LogP contribution < -0.4 is 5.56 Å². The number of carboxylic acids is 1. The highest BCUT2D eigenvalue weighted by Gasteiger charge is 2.54. The highest BCUT2D eigenvalue weighted by Crippen LogP contribution is 2.49. The van der Waals surface area contributed by atoms with Gasteiger partial charge < -0.3 is 5.11 Å². The van der Waals surface area contributed by atoms with Crippen molar-refractivity contribution in [3.8, 4) is 0 Å². The molecule has 3 heterocycles. The molecule has 6 nitrogen and oxygen atoms in total. The molecule has 2 aromatic rings. The van der Waals surface area contributed by atoms with Crippen LogP contribution in [0.4, 0.5) is 0 Å². The molecular formula is C16H20ClN3O3S. The van der Waals surface area contributed by atoms with Crippen molar-refractivity contribution in [2.75, 3.05) is 13.1 Å². The molecule has 2 aliphatic rings. The minimum atomic E-state index is -0.667. The van der Waals surface area contributed by atoms with E-state index in [-0.39, 0.29) is 23.9 Å². The first kappa shape index (κ1) is 17.4. The summed E-state index contributed by atoms with van der Waals surface area (Å²) in [4.78, 5) is 31.4. The number of thiazole rings is 1. The summed E-state index contributed by atoms with van der Waals surface area (Å²) in [7, 11) is 0. The maximum Gasteiger partial charge on any atom is 0.311 e. The van der Waals surface area contributed by atoms with Crippen molar-refractivity contribution in [3.63, 3.8) is 0 Å². The second-order valence-corrected chi connectivity index (χ2v) is 7.64. The summed E-state index contributed by atoms with van der Waals surface area (Å²) in [6.07, 6.45) is 2.76. The van der Waals surface area contributed by atoms with Gasteiger partial charge in [0.2, 0.25) is 0 Å². The fraction of sp³-hybridized carbons (Fsp3) is 0.562. The summed E-state index contributed by atoms with van der Waals surface area (Å²) >= 11 is 1.46. The SMILES string of the molecule is Cc1csc2nc(CN3C[C@@H]4CCC[C@@]4(C(=O)O)C3)cc(=O)n12.Cl. The van der Waals surface area contributed by atoms with Crippen LogP contribution in [0.1, 0.15) is 30.7 Å². The van der Waals surface area contributed by atoms with Crippen LogP contribution in [0.2, 0.25) is 0 Å². The van der Waals surface area contributed by atoms with Crippen LogP contribution >= 0.6 is 23.7 Å². The lowest BCUT2D eigenvalue weighted by atomic mass is 9.81. The lowest BCUT2D eigenvalue weighted by Gasteiger charge is -2.23. The molecule has 4 rings (SSSR count). The van der Waals surface area contributed by atoms with Crippen molar-refractivity contribution in [3.05, 3.63) is 33.2 Å². The zero-order chi connectivity index (χ0) is 16.2. The van der Waals surface area contributed by atoms with Gasteiger partial charge in [-0.25, -0.2) is 4.98 Å². The summed E-state index contributed by atoms with van der Waals surface area (Å²) < 4.78 is 1.62. The number of aliphatic carboxylic acids is 1. The topological polar surface area (TPSA) is 74.9 Å². The van der Waals surface area contributed by atoms with Gasteiger partial charge in [0, 0.05) is 36.8 Å². The van der Waals surface area contributed by atoms with Crippen molar-refractivity contribution in [1.29, 1.82) is 0 Å². The van der Waals surface area contributed by atoms with E-state index in [0.29, 0.717) is 18.1 Å². The number of aryl methyl sites for hydroxylation is 1. The number of hydrogen-bond acceptors (Lipinski definition) is 5. The number of carboxylic acid groups (broad SMARTS) is 1. The maximum atomic E-state index is 12.2. The highest BCUT2D eigenvalue weighted by atomic mass is 35.5.